The fraction of sp³-hybridized carbons (Fsp3) is 0.304. The predicted octanol–water partition coefficient (Wildman–Crippen LogP) is 4.53. The average Bonchev–Trinajstić information content (AvgIpc) is 3.13. The van der Waals surface area contributed by atoms with E-state index in [9.17, 15) is 4.79 Å². The summed E-state index contributed by atoms with van der Waals surface area (Å²) in [6.45, 7) is 4.75. The molecule has 1 amide bonds. The minimum absolute atomic E-state index is 0.0990. The molecular weight excluding hydrogens is 350 g/mol. The van der Waals surface area contributed by atoms with Crippen LogP contribution < -0.4 is 10.1 Å². The lowest BCUT2D eigenvalue weighted by Gasteiger charge is -2.12. The minimum atomic E-state index is -0.0990. The Morgan fingerprint density at radius 1 is 1.18 bits per heavy atom. The lowest BCUT2D eigenvalue weighted by Crippen LogP contribution is -2.32. The molecule has 0 aliphatic heterocycles. The molecule has 1 N–H and O–H groups in total. The van der Waals surface area contributed by atoms with Crippen LogP contribution >= 0.6 is 0 Å². The van der Waals surface area contributed by atoms with Crippen LogP contribution in [0.15, 0.2) is 60.8 Å². The number of ether oxygens (including phenoxy) is 1. The molecule has 146 valence electrons. The van der Waals surface area contributed by atoms with Gasteiger partial charge in [0.15, 0.2) is 0 Å². The maximum Gasteiger partial charge on any atom is 0.255 e. The Morgan fingerprint density at radius 3 is 2.68 bits per heavy atom. The third-order valence-corrected chi connectivity index (χ3v) is 4.64. The van der Waals surface area contributed by atoms with Crippen molar-refractivity contribution in [1.29, 1.82) is 0 Å². The largest absolute Gasteiger partial charge is 0.497 e. The van der Waals surface area contributed by atoms with Crippen LogP contribution in [0.1, 0.15) is 42.6 Å². The van der Waals surface area contributed by atoms with E-state index in [1.165, 1.54) is 0 Å². The second kappa shape index (κ2) is 9.22. The summed E-state index contributed by atoms with van der Waals surface area (Å²) in [6.07, 6.45) is 3.80. The molecule has 1 atom stereocenters. The van der Waals surface area contributed by atoms with Gasteiger partial charge in [0.25, 0.3) is 5.91 Å². The average molecular weight is 377 g/mol. The molecule has 0 saturated heterocycles. The van der Waals surface area contributed by atoms with Gasteiger partial charge in [-0.1, -0.05) is 55.8 Å². The van der Waals surface area contributed by atoms with Gasteiger partial charge in [0, 0.05) is 17.8 Å². The third-order valence-electron chi connectivity index (χ3n) is 4.64. The number of benzene rings is 2. The van der Waals surface area contributed by atoms with Gasteiger partial charge in [-0.3, -0.25) is 9.48 Å². The standard InChI is InChI=1S/C23H27N3O2/c1-4-9-17(2)24-23(27)21-16-26(15-18-10-6-5-7-11-18)25-22(21)19-12-8-13-20(14-19)28-3/h5-8,10-14,16-17H,4,9,15H2,1-3H3,(H,24,27)/t17-/m0/s1. The number of carbonyl (C=O) groups is 1. The summed E-state index contributed by atoms with van der Waals surface area (Å²) >= 11 is 0. The summed E-state index contributed by atoms with van der Waals surface area (Å²) in [6, 6.07) is 17.9. The molecule has 0 radical (unpaired) electrons. The SMILES string of the molecule is CCC[C@H](C)NC(=O)c1cn(Cc2ccccc2)nc1-c1cccc(OC)c1. The summed E-state index contributed by atoms with van der Waals surface area (Å²) < 4.78 is 7.16. The van der Waals surface area contributed by atoms with E-state index in [-0.39, 0.29) is 11.9 Å². The molecule has 3 rings (SSSR count). The maximum absolute atomic E-state index is 12.9. The van der Waals surface area contributed by atoms with E-state index < -0.39 is 0 Å². The second-order valence-electron chi connectivity index (χ2n) is 6.97. The minimum Gasteiger partial charge on any atom is -0.497 e. The number of nitrogens with zero attached hydrogens (tertiary/aromatic N) is 2. The van der Waals surface area contributed by atoms with Gasteiger partial charge >= 0.3 is 0 Å². The molecule has 5 heteroatoms. The lowest BCUT2D eigenvalue weighted by molar-refractivity contribution is 0.0939. The molecule has 2 aromatic carbocycles. The van der Waals surface area contributed by atoms with Crippen LogP contribution in [0.3, 0.4) is 0 Å². The molecule has 0 unspecified atom stereocenters. The van der Waals surface area contributed by atoms with Gasteiger partial charge in [-0.25, -0.2) is 0 Å². The van der Waals surface area contributed by atoms with Gasteiger partial charge in [0.1, 0.15) is 11.4 Å². The van der Waals surface area contributed by atoms with Crippen LogP contribution in [0.25, 0.3) is 11.3 Å². The van der Waals surface area contributed by atoms with Gasteiger partial charge < -0.3 is 10.1 Å². The molecule has 3 aromatic rings. The van der Waals surface area contributed by atoms with E-state index in [0.717, 1.165) is 29.7 Å². The van der Waals surface area contributed by atoms with Crippen molar-refractivity contribution >= 4 is 5.91 Å². The van der Waals surface area contributed by atoms with Crippen molar-refractivity contribution in [2.75, 3.05) is 7.11 Å². The summed E-state index contributed by atoms with van der Waals surface area (Å²) in [7, 11) is 1.63. The van der Waals surface area contributed by atoms with Gasteiger partial charge in [0.2, 0.25) is 0 Å². The Hall–Kier alpha value is -3.08. The first kappa shape index (κ1) is 19.7. The highest BCUT2D eigenvalue weighted by molar-refractivity contribution is 6.00. The van der Waals surface area contributed by atoms with Crippen molar-refractivity contribution < 1.29 is 9.53 Å². The van der Waals surface area contributed by atoms with Crippen molar-refractivity contribution in [3.63, 3.8) is 0 Å². The molecule has 0 fully saturated rings. The fourth-order valence-corrected chi connectivity index (χ4v) is 3.23. The molecule has 1 aromatic heterocycles. The highest BCUT2D eigenvalue weighted by atomic mass is 16.5. The first-order chi connectivity index (χ1) is 13.6. The first-order valence-electron chi connectivity index (χ1n) is 9.67. The van der Waals surface area contributed by atoms with Crippen molar-refractivity contribution in [3.05, 3.63) is 71.9 Å². The number of hydrogen-bond acceptors (Lipinski definition) is 3. The van der Waals surface area contributed by atoms with E-state index in [1.54, 1.807) is 7.11 Å². The number of nitrogens with one attached hydrogen (secondary N) is 1. The topological polar surface area (TPSA) is 56.2 Å². The van der Waals surface area contributed by atoms with Crippen molar-refractivity contribution in [2.24, 2.45) is 0 Å². The van der Waals surface area contributed by atoms with Crippen LogP contribution in [0.2, 0.25) is 0 Å². The summed E-state index contributed by atoms with van der Waals surface area (Å²) in [5, 5.41) is 7.82. The maximum atomic E-state index is 12.9. The Kier molecular flexibility index (Phi) is 6.48. The normalized spacial score (nSPS) is 11.8. The first-order valence-corrected chi connectivity index (χ1v) is 9.67. The zero-order valence-electron chi connectivity index (χ0n) is 16.7. The van der Waals surface area contributed by atoms with E-state index >= 15 is 0 Å². The van der Waals surface area contributed by atoms with E-state index in [2.05, 4.69) is 24.4 Å². The third kappa shape index (κ3) is 4.80. The van der Waals surface area contributed by atoms with Gasteiger partial charge in [0.05, 0.1) is 19.2 Å². The van der Waals surface area contributed by atoms with Crippen LogP contribution in [0.5, 0.6) is 5.75 Å². The van der Waals surface area contributed by atoms with E-state index in [1.807, 2.05) is 60.3 Å². The zero-order chi connectivity index (χ0) is 19.9. The fourth-order valence-electron chi connectivity index (χ4n) is 3.23. The van der Waals surface area contributed by atoms with Crippen LogP contribution in [0.4, 0.5) is 0 Å². The Morgan fingerprint density at radius 2 is 1.96 bits per heavy atom. The highest BCUT2D eigenvalue weighted by Gasteiger charge is 2.20. The summed E-state index contributed by atoms with van der Waals surface area (Å²) in [4.78, 5) is 12.9. The van der Waals surface area contributed by atoms with Crippen molar-refractivity contribution in [1.82, 2.24) is 15.1 Å². The molecule has 28 heavy (non-hydrogen) atoms. The monoisotopic (exact) mass is 377 g/mol. The molecule has 0 spiro atoms. The number of carbonyl (C=O) groups excluding carboxylic acids is 1. The molecule has 1 heterocycles. The van der Waals surface area contributed by atoms with Crippen LogP contribution in [-0.2, 0) is 6.54 Å². The van der Waals surface area contributed by atoms with E-state index in [0.29, 0.717) is 17.8 Å². The molecular formula is C23H27N3O2. The number of hydrogen-bond donors (Lipinski definition) is 1. The molecule has 0 aliphatic rings. The smallest absolute Gasteiger partial charge is 0.255 e. The second-order valence-corrected chi connectivity index (χ2v) is 6.97. The number of aromatic nitrogens is 2. The lowest BCUT2D eigenvalue weighted by atomic mass is 10.1. The van der Waals surface area contributed by atoms with Gasteiger partial charge in [-0.05, 0) is 31.0 Å². The zero-order valence-corrected chi connectivity index (χ0v) is 16.7. The Bertz CT molecular complexity index is 919. The van der Waals surface area contributed by atoms with Crippen molar-refractivity contribution in [3.8, 4) is 17.0 Å². The Labute approximate surface area is 166 Å². The van der Waals surface area contributed by atoms with E-state index in [4.69, 9.17) is 9.84 Å². The number of methoxy groups -OCH3 is 1. The molecule has 5 nitrogen and oxygen atoms in total. The van der Waals surface area contributed by atoms with Crippen molar-refractivity contribution in [2.45, 2.75) is 39.3 Å². The molecule has 0 aliphatic carbocycles. The predicted molar refractivity (Wildman–Crippen MR) is 112 cm³/mol. The highest BCUT2D eigenvalue weighted by Crippen LogP contribution is 2.26. The molecule has 0 bridgehead atoms. The summed E-state index contributed by atoms with van der Waals surface area (Å²) in [5.74, 6) is 0.638. The number of rotatable bonds is 8. The quantitative estimate of drug-likeness (QED) is 0.628. The van der Waals surface area contributed by atoms with Crippen LogP contribution in [-0.4, -0.2) is 28.8 Å². The van der Waals surface area contributed by atoms with Gasteiger partial charge in [-0.2, -0.15) is 5.10 Å². The number of amides is 1. The molecule has 0 saturated carbocycles. The summed E-state index contributed by atoms with van der Waals surface area (Å²) in [5.41, 5.74) is 3.23. The van der Waals surface area contributed by atoms with Gasteiger partial charge in [-0.15, -0.1) is 0 Å². The van der Waals surface area contributed by atoms with Crippen LogP contribution in [0, 0.1) is 0 Å². The Balaban J connectivity index is 1.96.